The van der Waals surface area contributed by atoms with Crippen molar-refractivity contribution in [2.45, 2.75) is 70.2 Å². The van der Waals surface area contributed by atoms with Crippen molar-refractivity contribution >= 4 is 5.96 Å². The van der Waals surface area contributed by atoms with Crippen LogP contribution in [0, 0.1) is 5.82 Å². The maximum atomic E-state index is 13.3. The van der Waals surface area contributed by atoms with E-state index in [1.165, 1.54) is 44.2 Å². The van der Waals surface area contributed by atoms with E-state index in [1.807, 2.05) is 6.92 Å². The number of ether oxygens (including phenoxy) is 1. The Hall–Kier alpha value is -1.82. The SMILES string of the molecule is CCNC(=NCC(C)Oc1cccc(F)c1)NC1CC2CCCC(C1)N2C. The molecule has 27 heavy (non-hydrogen) atoms. The van der Waals surface area contributed by atoms with E-state index in [1.54, 1.807) is 12.1 Å². The molecule has 2 bridgehead atoms. The van der Waals surface area contributed by atoms with Crippen molar-refractivity contribution in [3.8, 4) is 5.75 Å². The van der Waals surface area contributed by atoms with Gasteiger partial charge in [-0.25, -0.2) is 9.38 Å². The molecule has 0 saturated carbocycles. The van der Waals surface area contributed by atoms with Crippen LogP contribution in [0.4, 0.5) is 4.39 Å². The largest absolute Gasteiger partial charge is 0.489 e. The summed E-state index contributed by atoms with van der Waals surface area (Å²) >= 11 is 0. The molecule has 3 unspecified atom stereocenters. The minimum atomic E-state index is -0.286. The first-order valence-corrected chi connectivity index (χ1v) is 10.2. The van der Waals surface area contributed by atoms with E-state index in [9.17, 15) is 4.39 Å². The molecule has 0 spiro atoms. The van der Waals surface area contributed by atoms with Crippen LogP contribution in [0.25, 0.3) is 0 Å². The van der Waals surface area contributed by atoms with E-state index in [4.69, 9.17) is 9.73 Å². The number of piperidine rings is 2. The molecule has 0 aromatic heterocycles. The Morgan fingerprint density at radius 3 is 2.74 bits per heavy atom. The molecule has 3 atom stereocenters. The zero-order valence-corrected chi connectivity index (χ0v) is 16.7. The Labute approximate surface area is 162 Å². The standard InChI is InChI=1S/C21H33FN4O/c1-4-23-21(24-14-15(2)27-20-10-5-7-16(22)11-20)25-17-12-18-8-6-9-19(13-17)26(18)3/h5,7,10-11,15,17-19H,4,6,8-9,12-14H2,1-3H3,(H2,23,24,25). The van der Waals surface area contributed by atoms with Crippen molar-refractivity contribution in [1.82, 2.24) is 15.5 Å². The van der Waals surface area contributed by atoms with Gasteiger partial charge in [0.1, 0.15) is 17.7 Å². The van der Waals surface area contributed by atoms with Crippen LogP contribution in [0.1, 0.15) is 46.0 Å². The lowest BCUT2D eigenvalue weighted by molar-refractivity contribution is 0.0526. The maximum Gasteiger partial charge on any atom is 0.191 e. The topological polar surface area (TPSA) is 48.9 Å². The monoisotopic (exact) mass is 376 g/mol. The fraction of sp³-hybridized carbons (Fsp3) is 0.667. The highest BCUT2D eigenvalue weighted by molar-refractivity contribution is 5.80. The van der Waals surface area contributed by atoms with Crippen LogP contribution >= 0.6 is 0 Å². The normalized spacial score (nSPS) is 27.1. The molecule has 150 valence electrons. The number of hydrogen-bond donors (Lipinski definition) is 2. The van der Waals surface area contributed by atoms with Crippen molar-refractivity contribution < 1.29 is 9.13 Å². The number of nitrogens with one attached hydrogen (secondary N) is 2. The predicted molar refractivity (Wildman–Crippen MR) is 108 cm³/mol. The Morgan fingerprint density at radius 2 is 2.07 bits per heavy atom. The summed E-state index contributed by atoms with van der Waals surface area (Å²) < 4.78 is 19.1. The Balaban J connectivity index is 1.54. The van der Waals surface area contributed by atoms with Crippen LogP contribution in [-0.2, 0) is 0 Å². The van der Waals surface area contributed by atoms with E-state index in [0.29, 0.717) is 30.4 Å². The number of aliphatic imine (C=N–C) groups is 1. The third-order valence-electron chi connectivity index (χ3n) is 5.66. The van der Waals surface area contributed by atoms with E-state index >= 15 is 0 Å². The van der Waals surface area contributed by atoms with E-state index in [-0.39, 0.29) is 11.9 Å². The summed E-state index contributed by atoms with van der Waals surface area (Å²) in [4.78, 5) is 7.27. The van der Waals surface area contributed by atoms with Gasteiger partial charge in [0, 0.05) is 30.7 Å². The van der Waals surface area contributed by atoms with Gasteiger partial charge in [-0.1, -0.05) is 12.5 Å². The number of benzene rings is 1. The second-order valence-corrected chi connectivity index (χ2v) is 7.82. The molecule has 0 amide bonds. The van der Waals surface area contributed by atoms with Crippen molar-refractivity contribution in [2.24, 2.45) is 4.99 Å². The molecule has 3 rings (SSSR count). The van der Waals surface area contributed by atoms with Gasteiger partial charge in [-0.15, -0.1) is 0 Å². The third-order valence-corrected chi connectivity index (χ3v) is 5.66. The van der Waals surface area contributed by atoms with E-state index < -0.39 is 0 Å². The number of rotatable bonds is 6. The average Bonchev–Trinajstić information content (AvgIpc) is 2.61. The van der Waals surface area contributed by atoms with Gasteiger partial charge >= 0.3 is 0 Å². The smallest absolute Gasteiger partial charge is 0.191 e. The molecule has 1 aromatic rings. The molecule has 2 N–H and O–H groups in total. The van der Waals surface area contributed by atoms with Crippen molar-refractivity contribution in [3.05, 3.63) is 30.1 Å². The van der Waals surface area contributed by atoms with Crippen LogP contribution in [0.5, 0.6) is 5.75 Å². The first-order chi connectivity index (χ1) is 13.0. The molecule has 5 nitrogen and oxygen atoms in total. The molecule has 0 aliphatic carbocycles. The number of hydrogen-bond acceptors (Lipinski definition) is 3. The number of halogens is 1. The van der Waals surface area contributed by atoms with Gasteiger partial charge in [-0.05, 0) is 58.7 Å². The quantitative estimate of drug-likeness (QED) is 0.591. The molecule has 1 aromatic carbocycles. The Morgan fingerprint density at radius 1 is 1.33 bits per heavy atom. The van der Waals surface area contributed by atoms with Gasteiger partial charge in [0.2, 0.25) is 0 Å². The van der Waals surface area contributed by atoms with Crippen LogP contribution in [0.15, 0.2) is 29.3 Å². The fourth-order valence-corrected chi connectivity index (χ4v) is 4.28. The van der Waals surface area contributed by atoms with E-state index in [2.05, 4.69) is 29.5 Å². The molecule has 2 fully saturated rings. The fourth-order valence-electron chi connectivity index (χ4n) is 4.28. The van der Waals surface area contributed by atoms with Gasteiger partial charge in [0.25, 0.3) is 0 Å². The summed E-state index contributed by atoms with van der Waals surface area (Å²) in [6, 6.07) is 8.09. The van der Waals surface area contributed by atoms with Crippen molar-refractivity contribution in [3.63, 3.8) is 0 Å². The molecule has 2 aliphatic heterocycles. The lowest BCUT2D eigenvalue weighted by Crippen LogP contribution is -2.56. The maximum absolute atomic E-state index is 13.3. The number of guanidine groups is 1. The highest BCUT2D eigenvalue weighted by Gasteiger charge is 2.36. The van der Waals surface area contributed by atoms with Crippen LogP contribution in [-0.4, -0.2) is 55.2 Å². The lowest BCUT2D eigenvalue weighted by Gasteiger charge is -2.47. The molecule has 0 radical (unpaired) electrons. The summed E-state index contributed by atoms with van der Waals surface area (Å²) in [7, 11) is 2.27. The average molecular weight is 377 g/mol. The Kier molecular flexibility index (Phi) is 6.94. The second kappa shape index (κ2) is 9.40. The van der Waals surface area contributed by atoms with Crippen LogP contribution < -0.4 is 15.4 Å². The molecule has 6 heteroatoms. The summed E-state index contributed by atoms with van der Waals surface area (Å²) in [5, 5.41) is 6.98. The van der Waals surface area contributed by atoms with Crippen LogP contribution in [0.3, 0.4) is 0 Å². The molecular formula is C21H33FN4O. The highest BCUT2D eigenvalue weighted by Crippen LogP contribution is 2.32. The summed E-state index contributed by atoms with van der Waals surface area (Å²) in [6.45, 7) is 5.38. The zero-order chi connectivity index (χ0) is 19.2. The van der Waals surface area contributed by atoms with Gasteiger partial charge in [-0.3, -0.25) is 0 Å². The van der Waals surface area contributed by atoms with Gasteiger partial charge in [0.15, 0.2) is 5.96 Å². The third kappa shape index (κ3) is 5.58. The molecule has 2 aliphatic rings. The highest BCUT2D eigenvalue weighted by atomic mass is 19.1. The summed E-state index contributed by atoms with van der Waals surface area (Å²) in [5.41, 5.74) is 0. The van der Waals surface area contributed by atoms with Crippen molar-refractivity contribution in [1.29, 1.82) is 0 Å². The number of nitrogens with zero attached hydrogens (tertiary/aromatic N) is 2. The Bertz CT molecular complexity index is 624. The minimum absolute atomic E-state index is 0.126. The number of fused-ring (bicyclic) bond motifs is 2. The second-order valence-electron chi connectivity index (χ2n) is 7.82. The summed E-state index contributed by atoms with van der Waals surface area (Å²) in [6.07, 6.45) is 6.18. The first kappa shape index (κ1) is 19.9. The predicted octanol–water partition coefficient (Wildman–Crippen LogP) is 3.16. The summed E-state index contributed by atoms with van der Waals surface area (Å²) in [5.74, 6) is 1.10. The van der Waals surface area contributed by atoms with Gasteiger partial charge < -0.3 is 20.3 Å². The van der Waals surface area contributed by atoms with E-state index in [0.717, 1.165) is 12.5 Å². The van der Waals surface area contributed by atoms with Crippen LogP contribution in [0.2, 0.25) is 0 Å². The molecule has 2 heterocycles. The minimum Gasteiger partial charge on any atom is -0.489 e. The van der Waals surface area contributed by atoms with Gasteiger partial charge in [0.05, 0.1) is 6.54 Å². The molecular weight excluding hydrogens is 343 g/mol. The van der Waals surface area contributed by atoms with Crippen molar-refractivity contribution in [2.75, 3.05) is 20.1 Å². The lowest BCUT2D eigenvalue weighted by atomic mass is 9.82. The molecule has 2 saturated heterocycles. The zero-order valence-electron chi connectivity index (χ0n) is 16.7. The van der Waals surface area contributed by atoms with Gasteiger partial charge in [-0.2, -0.15) is 0 Å². The first-order valence-electron chi connectivity index (χ1n) is 10.2.